The summed E-state index contributed by atoms with van der Waals surface area (Å²) in [6, 6.07) is 9.67. The Labute approximate surface area is 242 Å². The molecular weight excluding hydrogens is 542 g/mol. The minimum atomic E-state index is -1.75. The second-order valence-corrected chi connectivity index (χ2v) is 12.9. The van der Waals surface area contributed by atoms with Gasteiger partial charge in [-0.3, -0.25) is 4.79 Å². The zero-order chi connectivity index (χ0) is 27.7. The summed E-state index contributed by atoms with van der Waals surface area (Å²) in [5.74, 6) is -0.575. The van der Waals surface area contributed by atoms with Gasteiger partial charge in [0, 0.05) is 18.2 Å². The molecule has 4 aromatic rings. The van der Waals surface area contributed by atoms with E-state index in [4.69, 9.17) is 4.74 Å². The minimum Gasteiger partial charge on any atom is -0.460 e. The third-order valence-electron chi connectivity index (χ3n) is 8.64. The number of hydrogen-bond donors (Lipinski definition) is 1. The Morgan fingerprint density at radius 1 is 1.15 bits per heavy atom. The van der Waals surface area contributed by atoms with Crippen molar-refractivity contribution in [3.63, 3.8) is 0 Å². The minimum absolute atomic E-state index is 0.181. The molecule has 210 valence electrons. The van der Waals surface area contributed by atoms with E-state index in [1.165, 1.54) is 39.3 Å². The number of carbonyl (C=O) groups excluding carboxylic acids is 2. The van der Waals surface area contributed by atoms with Crippen LogP contribution >= 0.6 is 22.7 Å². The molecule has 7 nitrogen and oxygen atoms in total. The van der Waals surface area contributed by atoms with E-state index in [0.717, 1.165) is 81.8 Å². The molecule has 9 heteroatoms. The van der Waals surface area contributed by atoms with Crippen LogP contribution in [-0.2, 0) is 34.5 Å². The number of nitrogens with zero attached hydrogens (tertiary/aromatic N) is 3. The number of aldehydes is 1. The summed E-state index contributed by atoms with van der Waals surface area (Å²) in [4.78, 5) is 33.1. The summed E-state index contributed by atoms with van der Waals surface area (Å²) in [6.45, 7) is 1.87. The van der Waals surface area contributed by atoms with E-state index >= 15 is 0 Å². The van der Waals surface area contributed by atoms with Crippen molar-refractivity contribution in [3.05, 3.63) is 73.9 Å². The molecule has 0 unspecified atom stereocenters. The van der Waals surface area contributed by atoms with Gasteiger partial charge in [0.1, 0.15) is 12.4 Å². The number of aryl methyl sites for hydroxylation is 2. The number of thiophene rings is 2. The first kappa shape index (κ1) is 27.3. The largest absolute Gasteiger partial charge is 0.460 e. The Balaban J connectivity index is 1.02. The summed E-state index contributed by atoms with van der Waals surface area (Å²) < 4.78 is 8.19. The Morgan fingerprint density at radius 3 is 2.50 bits per heavy atom. The Hall–Kier alpha value is -2.85. The molecule has 1 N–H and O–H groups in total. The molecule has 1 fully saturated rings. The summed E-state index contributed by atoms with van der Waals surface area (Å²) in [5, 5.41) is 15.2. The number of benzene rings is 1. The van der Waals surface area contributed by atoms with Gasteiger partial charge in [0.25, 0.3) is 0 Å². The van der Waals surface area contributed by atoms with Gasteiger partial charge in [0.15, 0.2) is 0 Å². The van der Waals surface area contributed by atoms with Crippen molar-refractivity contribution in [2.75, 3.05) is 13.6 Å². The third kappa shape index (κ3) is 5.04. The molecule has 0 amide bonds. The molecule has 3 heterocycles. The highest BCUT2D eigenvalue weighted by molar-refractivity contribution is 7.12. The number of aliphatic hydroxyl groups is 1. The number of imidazole rings is 1. The fourth-order valence-corrected chi connectivity index (χ4v) is 8.18. The predicted molar refractivity (Wildman–Crippen MR) is 158 cm³/mol. The van der Waals surface area contributed by atoms with E-state index < -0.39 is 11.6 Å². The first-order valence-corrected chi connectivity index (χ1v) is 15.9. The lowest BCUT2D eigenvalue weighted by Gasteiger charge is -2.35. The number of hydrogen-bond acceptors (Lipinski definition) is 8. The highest BCUT2D eigenvalue weighted by Crippen LogP contribution is 2.38. The molecule has 40 heavy (non-hydrogen) atoms. The molecule has 0 saturated heterocycles. The summed E-state index contributed by atoms with van der Waals surface area (Å²) in [7, 11) is 2.18. The van der Waals surface area contributed by atoms with Crippen LogP contribution in [0.2, 0.25) is 0 Å². The Morgan fingerprint density at radius 2 is 1.85 bits per heavy atom. The van der Waals surface area contributed by atoms with E-state index in [0.29, 0.717) is 15.8 Å². The maximum atomic E-state index is 13.3. The van der Waals surface area contributed by atoms with E-state index in [-0.39, 0.29) is 6.10 Å². The second-order valence-electron chi connectivity index (χ2n) is 11.0. The molecule has 0 aliphatic heterocycles. The molecule has 1 saturated carbocycles. The number of fused-ring (bicyclic) bond motifs is 3. The lowest BCUT2D eigenvalue weighted by atomic mass is 9.91. The van der Waals surface area contributed by atoms with Crippen LogP contribution in [-0.4, -0.2) is 57.6 Å². The van der Waals surface area contributed by atoms with Crippen LogP contribution in [0.1, 0.15) is 69.8 Å². The van der Waals surface area contributed by atoms with Gasteiger partial charge in [0.05, 0.1) is 27.1 Å². The Kier molecular flexibility index (Phi) is 7.90. The third-order valence-corrected chi connectivity index (χ3v) is 10.6. The zero-order valence-electron chi connectivity index (χ0n) is 22.8. The molecule has 2 aliphatic carbocycles. The fraction of sp³-hybridized carbons (Fsp3) is 0.452. The molecule has 6 rings (SSSR count). The van der Waals surface area contributed by atoms with E-state index in [9.17, 15) is 14.7 Å². The highest BCUT2D eigenvalue weighted by Gasteiger charge is 2.45. The van der Waals surface area contributed by atoms with Crippen molar-refractivity contribution in [1.82, 2.24) is 14.5 Å². The molecule has 0 atom stereocenters. The van der Waals surface area contributed by atoms with Crippen molar-refractivity contribution in [3.8, 4) is 0 Å². The van der Waals surface area contributed by atoms with Gasteiger partial charge < -0.3 is 19.3 Å². The first-order chi connectivity index (χ1) is 19.5. The van der Waals surface area contributed by atoms with E-state index in [2.05, 4.69) is 21.5 Å². The highest BCUT2D eigenvalue weighted by atomic mass is 32.1. The first-order valence-electron chi connectivity index (χ1n) is 14.2. The topological polar surface area (TPSA) is 84.7 Å². The van der Waals surface area contributed by atoms with Gasteiger partial charge in [-0.25, -0.2) is 9.78 Å². The van der Waals surface area contributed by atoms with Gasteiger partial charge in [0.2, 0.25) is 5.60 Å². The van der Waals surface area contributed by atoms with Crippen LogP contribution in [0.25, 0.3) is 11.0 Å². The van der Waals surface area contributed by atoms with Crippen molar-refractivity contribution < 1.29 is 19.4 Å². The van der Waals surface area contributed by atoms with Gasteiger partial charge >= 0.3 is 5.97 Å². The predicted octanol–water partition coefficient (Wildman–Crippen LogP) is 5.57. The zero-order valence-corrected chi connectivity index (χ0v) is 24.4. The lowest BCUT2D eigenvalue weighted by Crippen LogP contribution is -2.42. The lowest BCUT2D eigenvalue weighted by molar-refractivity contribution is -0.169. The van der Waals surface area contributed by atoms with E-state index in [1.807, 2.05) is 35.3 Å². The summed E-state index contributed by atoms with van der Waals surface area (Å²) in [5.41, 5.74) is 3.70. The number of esters is 1. The average molecular weight is 578 g/mol. The van der Waals surface area contributed by atoms with Gasteiger partial charge in [-0.05, 0) is 105 Å². The van der Waals surface area contributed by atoms with Crippen LogP contribution in [0.5, 0.6) is 0 Å². The van der Waals surface area contributed by atoms with Crippen molar-refractivity contribution in [2.45, 2.75) is 75.7 Å². The van der Waals surface area contributed by atoms with Crippen molar-refractivity contribution in [1.29, 1.82) is 0 Å². The maximum absolute atomic E-state index is 13.3. The van der Waals surface area contributed by atoms with Crippen LogP contribution in [0.3, 0.4) is 0 Å². The summed E-state index contributed by atoms with van der Waals surface area (Å²) >= 11 is 2.73. The van der Waals surface area contributed by atoms with Gasteiger partial charge in [-0.2, -0.15) is 0 Å². The number of rotatable bonds is 10. The molecule has 0 spiro atoms. The Bertz CT molecular complexity index is 1440. The molecule has 0 radical (unpaired) electrons. The molecule has 2 aliphatic rings. The maximum Gasteiger partial charge on any atom is 0.349 e. The van der Waals surface area contributed by atoms with Crippen molar-refractivity contribution >= 4 is 46.0 Å². The number of ether oxygens (including phenoxy) is 1. The van der Waals surface area contributed by atoms with Gasteiger partial charge in [-0.1, -0.05) is 12.1 Å². The van der Waals surface area contributed by atoms with Crippen LogP contribution < -0.4 is 0 Å². The standard InChI is InChI=1S/C31H35N3O4S2/c1-33(14-5-15-34-20-32-26-18-21(19-35)24-6-2-7-25(24)29(26)34)22-10-12-23(13-11-22)38-30(36)31(37,27-8-3-16-39-27)28-9-4-17-40-28/h3-4,8-9,16-20,22-23,37H,2,5-7,10-15H2,1H3. The smallest absolute Gasteiger partial charge is 0.349 e. The molecule has 1 aromatic carbocycles. The molecule has 3 aromatic heterocycles. The second kappa shape index (κ2) is 11.6. The SMILES string of the molecule is CN(CCCn1cnc2cc(C=O)c3c(c21)CCC3)C1CCC(OC(=O)C(O)(c2cccs2)c2cccs2)CC1. The number of aromatic nitrogens is 2. The van der Waals surface area contributed by atoms with Crippen LogP contribution in [0.15, 0.2) is 47.4 Å². The average Bonchev–Trinajstić information content (AvgIpc) is 3.79. The normalized spacial score (nSPS) is 19.3. The van der Waals surface area contributed by atoms with Crippen LogP contribution in [0.4, 0.5) is 0 Å². The summed E-state index contributed by atoms with van der Waals surface area (Å²) in [6.07, 6.45) is 10.3. The fourth-order valence-electron chi connectivity index (χ4n) is 6.47. The number of carbonyl (C=O) groups is 2. The molecular formula is C31H35N3O4S2. The van der Waals surface area contributed by atoms with Gasteiger partial charge in [-0.15, -0.1) is 22.7 Å². The van der Waals surface area contributed by atoms with E-state index in [1.54, 1.807) is 12.1 Å². The monoisotopic (exact) mass is 577 g/mol. The van der Waals surface area contributed by atoms with Crippen molar-refractivity contribution in [2.24, 2.45) is 0 Å². The quantitative estimate of drug-likeness (QED) is 0.196. The van der Waals surface area contributed by atoms with Crippen LogP contribution in [0, 0.1) is 0 Å². The molecule has 0 bridgehead atoms.